The molecular weight excluding hydrogens is 304 g/mol. The Bertz CT molecular complexity index is 595. The standard InChI is InChI=1S/C14H24N4O3S/c1-15-9-13-3-2-6-18(13)22(19,20)14-10-16-17(11-14)12-4-7-21-8-5-12/h10-13,15H,2-9H2,1H3/t13-/m0/s1. The summed E-state index contributed by atoms with van der Waals surface area (Å²) >= 11 is 0. The normalized spacial score (nSPS) is 24.9. The number of ether oxygens (including phenoxy) is 1. The first-order chi connectivity index (χ1) is 10.6. The smallest absolute Gasteiger partial charge is 0.246 e. The minimum Gasteiger partial charge on any atom is -0.381 e. The molecule has 0 aromatic carbocycles. The summed E-state index contributed by atoms with van der Waals surface area (Å²) in [5.41, 5.74) is 0. The third-order valence-electron chi connectivity index (χ3n) is 4.51. The van der Waals surface area contributed by atoms with E-state index in [4.69, 9.17) is 4.74 Å². The van der Waals surface area contributed by atoms with Crippen LogP contribution in [0, 0.1) is 0 Å². The Labute approximate surface area is 131 Å². The van der Waals surface area contributed by atoms with Crippen LogP contribution in [-0.4, -0.2) is 61.9 Å². The lowest BCUT2D eigenvalue weighted by molar-refractivity contribution is 0.0662. The zero-order chi connectivity index (χ0) is 15.6. The third kappa shape index (κ3) is 3.05. The molecule has 2 aliphatic heterocycles. The van der Waals surface area contributed by atoms with E-state index in [1.165, 1.54) is 6.20 Å². The van der Waals surface area contributed by atoms with E-state index >= 15 is 0 Å². The highest BCUT2D eigenvalue weighted by molar-refractivity contribution is 7.89. The van der Waals surface area contributed by atoms with E-state index in [1.54, 1.807) is 15.2 Å². The lowest BCUT2D eigenvalue weighted by Gasteiger charge is -2.23. The van der Waals surface area contributed by atoms with E-state index in [0.717, 1.165) is 25.7 Å². The van der Waals surface area contributed by atoms with Gasteiger partial charge in [-0.25, -0.2) is 8.42 Å². The SMILES string of the molecule is CNC[C@@H]1CCCN1S(=O)(=O)c1cnn(C2CCOCC2)c1. The van der Waals surface area contributed by atoms with E-state index in [2.05, 4.69) is 10.4 Å². The van der Waals surface area contributed by atoms with E-state index in [9.17, 15) is 8.42 Å². The average Bonchev–Trinajstić information content (AvgIpc) is 3.18. The molecule has 3 rings (SSSR count). The van der Waals surface area contributed by atoms with Crippen LogP contribution in [0.15, 0.2) is 17.3 Å². The van der Waals surface area contributed by atoms with Crippen molar-refractivity contribution < 1.29 is 13.2 Å². The van der Waals surface area contributed by atoms with Gasteiger partial charge in [0.25, 0.3) is 0 Å². The Morgan fingerprint density at radius 1 is 1.36 bits per heavy atom. The second-order valence-corrected chi connectivity index (χ2v) is 7.86. The summed E-state index contributed by atoms with van der Waals surface area (Å²) in [5.74, 6) is 0. The van der Waals surface area contributed by atoms with Gasteiger partial charge in [0.1, 0.15) is 4.90 Å². The fourth-order valence-corrected chi connectivity index (χ4v) is 4.94. The molecule has 0 radical (unpaired) electrons. The van der Waals surface area contributed by atoms with Gasteiger partial charge in [0, 0.05) is 38.5 Å². The molecule has 0 spiro atoms. The van der Waals surface area contributed by atoms with Crippen molar-refractivity contribution in [1.29, 1.82) is 0 Å². The predicted octanol–water partition coefficient (Wildman–Crippen LogP) is 0.607. The molecule has 124 valence electrons. The first-order valence-electron chi connectivity index (χ1n) is 7.91. The molecule has 0 amide bonds. The van der Waals surface area contributed by atoms with Crippen LogP contribution in [0.2, 0.25) is 0 Å². The highest BCUT2D eigenvalue weighted by Gasteiger charge is 2.35. The number of likely N-dealkylation sites (N-methyl/N-ethyl adjacent to an activating group) is 1. The summed E-state index contributed by atoms with van der Waals surface area (Å²) < 4.78 is 34.4. The van der Waals surface area contributed by atoms with Crippen molar-refractivity contribution in [2.45, 2.75) is 42.7 Å². The molecule has 22 heavy (non-hydrogen) atoms. The van der Waals surface area contributed by atoms with Crippen molar-refractivity contribution in [3.05, 3.63) is 12.4 Å². The second kappa shape index (κ2) is 6.66. The molecule has 3 heterocycles. The maximum Gasteiger partial charge on any atom is 0.246 e. The van der Waals surface area contributed by atoms with Crippen LogP contribution in [0.25, 0.3) is 0 Å². The molecule has 1 aromatic heterocycles. The molecule has 1 N–H and O–H groups in total. The zero-order valence-electron chi connectivity index (χ0n) is 12.9. The molecule has 8 heteroatoms. The van der Waals surface area contributed by atoms with Gasteiger partial charge in [-0.3, -0.25) is 4.68 Å². The third-order valence-corrected chi connectivity index (χ3v) is 6.42. The van der Waals surface area contributed by atoms with Gasteiger partial charge in [-0.15, -0.1) is 0 Å². The van der Waals surface area contributed by atoms with Crippen LogP contribution in [-0.2, 0) is 14.8 Å². The molecule has 2 fully saturated rings. The van der Waals surface area contributed by atoms with Gasteiger partial charge in [0.15, 0.2) is 0 Å². The van der Waals surface area contributed by atoms with E-state index in [0.29, 0.717) is 31.2 Å². The Morgan fingerprint density at radius 2 is 2.14 bits per heavy atom. The minimum atomic E-state index is -3.45. The Hall–Kier alpha value is -0.960. The second-order valence-electron chi connectivity index (χ2n) is 5.97. The van der Waals surface area contributed by atoms with Crippen LogP contribution in [0.5, 0.6) is 0 Å². The summed E-state index contributed by atoms with van der Waals surface area (Å²) in [7, 11) is -1.60. The molecular formula is C14H24N4O3S. The fourth-order valence-electron chi connectivity index (χ4n) is 3.30. The van der Waals surface area contributed by atoms with E-state index in [1.807, 2.05) is 7.05 Å². The van der Waals surface area contributed by atoms with Crippen molar-refractivity contribution >= 4 is 10.0 Å². The number of nitrogens with one attached hydrogen (secondary N) is 1. The molecule has 2 saturated heterocycles. The number of sulfonamides is 1. The lowest BCUT2D eigenvalue weighted by Crippen LogP contribution is -2.40. The van der Waals surface area contributed by atoms with Gasteiger partial charge in [-0.1, -0.05) is 0 Å². The van der Waals surface area contributed by atoms with Crippen LogP contribution >= 0.6 is 0 Å². The zero-order valence-corrected chi connectivity index (χ0v) is 13.8. The minimum absolute atomic E-state index is 0.0430. The summed E-state index contributed by atoms with van der Waals surface area (Å²) in [5, 5.41) is 7.37. The monoisotopic (exact) mass is 328 g/mol. The Kier molecular flexibility index (Phi) is 4.82. The average molecular weight is 328 g/mol. The first-order valence-corrected chi connectivity index (χ1v) is 9.35. The molecule has 0 saturated carbocycles. The Morgan fingerprint density at radius 3 is 2.86 bits per heavy atom. The molecule has 1 atom stereocenters. The van der Waals surface area contributed by atoms with Gasteiger partial charge in [-0.05, 0) is 32.7 Å². The molecule has 0 bridgehead atoms. The maximum absolute atomic E-state index is 12.8. The molecule has 2 aliphatic rings. The van der Waals surface area contributed by atoms with E-state index < -0.39 is 10.0 Å². The van der Waals surface area contributed by atoms with Crippen molar-refractivity contribution in [2.24, 2.45) is 0 Å². The number of hydrogen-bond acceptors (Lipinski definition) is 5. The van der Waals surface area contributed by atoms with Crippen LogP contribution in [0.3, 0.4) is 0 Å². The van der Waals surface area contributed by atoms with Gasteiger partial charge in [0.05, 0.1) is 12.2 Å². The molecule has 1 aromatic rings. The fraction of sp³-hybridized carbons (Fsp3) is 0.786. The maximum atomic E-state index is 12.8. The molecule has 0 unspecified atom stereocenters. The summed E-state index contributed by atoms with van der Waals surface area (Å²) in [6, 6.07) is 0.283. The van der Waals surface area contributed by atoms with Crippen molar-refractivity contribution in [2.75, 3.05) is 33.4 Å². The molecule has 7 nitrogen and oxygen atoms in total. The largest absolute Gasteiger partial charge is 0.381 e. The van der Waals surface area contributed by atoms with Crippen molar-refractivity contribution in [1.82, 2.24) is 19.4 Å². The first kappa shape index (κ1) is 15.9. The summed E-state index contributed by atoms with van der Waals surface area (Å²) in [6.07, 6.45) is 6.76. The van der Waals surface area contributed by atoms with Crippen LogP contribution < -0.4 is 5.32 Å². The molecule has 0 aliphatic carbocycles. The van der Waals surface area contributed by atoms with Gasteiger partial charge >= 0.3 is 0 Å². The van der Waals surface area contributed by atoms with Crippen LogP contribution in [0.1, 0.15) is 31.7 Å². The number of nitrogens with zero attached hydrogens (tertiary/aromatic N) is 3. The topological polar surface area (TPSA) is 76.5 Å². The van der Waals surface area contributed by atoms with Crippen LogP contribution in [0.4, 0.5) is 0 Å². The van der Waals surface area contributed by atoms with Crippen molar-refractivity contribution in [3.8, 4) is 0 Å². The van der Waals surface area contributed by atoms with Gasteiger partial charge in [-0.2, -0.15) is 9.40 Å². The predicted molar refractivity (Wildman–Crippen MR) is 82.2 cm³/mol. The summed E-state index contributed by atoms with van der Waals surface area (Å²) in [4.78, 5) is 0.307. The van der Waals surface area contributed by atoms with E-state index in [-0.39, 0.29) is 12.1 Å². The van der Waals surface area contributed by atoms with Crippen molar-refractivity contribution in [3.63, 3.8) is 0 Å². The number of aromatic nitrogens is 2. The quantitative estimate of drug-likeness (QED) is 0.857. The number of hydrogen-bond donors (Lipinski definition) is 1. The summed E-state index contributed by atoms with van der Waals surface area (Å²) in [6.45, 7) is 2.70. The highest BCUT2D eigenvalue weighted by atomic mass is 32.2. The Balaban J connectivity index is 1.79. The lowest BCUT2D eigenvalue weighted by atomic mass is 10.1. The van der Waals surface area contributed by atoms with Gasteiger partial charge < -0.3 is 10.1 Å². The highest BCUT2D eigenvalue weighted by Crippen LogP contribution is 2.27. The van der Waals surface area contributed by atoms with Gasteiger partial charge in [0.2, 0.25) is 10.0 Å². The number of rotatable bonds is 5.